The van der Waals surface area contributed by atoms with E-state index in [9.17, 15) is 9.18 Å². The second-order valence-corrected chi connectivity index (χ2v) is 8.42. The van der Waals surface area contributed by atoms with Gasteiger partial charge in [0.2, 0.25) is 5.91 Å². The number of primary amides is 1. The molecule has 1 aromatic rings. The van der Waals surface area contributed by atoms with Crippen LogP contribution in [0.1, 0.15) is 11.6 Å². The lowest BCUT2D eigenvalue weighted by molar-refractivity contribution is -0.114. The van der Waals surface area contributed by atoms with Crippen molar-refractivity contribution in [3.63, 3.8) is 0 Å². The van der Waals surface area contributed by atoms with Crippen molar-refractivity contribution in [3.8, 4) is 0 Å². The Balaban J connectivity index is 1.74. The van der Waals surface area contributed by atoms with Crippen LogP contribution in [0.3, 0.4) is 0 Å². The van der Waals surface area contributed by atoms with Gasteiger partial charge in [-0.2, -0.15) is 0 Å². The normalized spacial score (nSPS) is 25.6. The zero-order valence-corrected chi connectivity index (χ0v) is 18.2. The first-order valence-corrected chi connectivity index (χ1v) is 10.9. The SMILES string of the molecule is NC(=O)C1=C(CN2CCOCC2)NC(C2CNCCN2)=NC1c1ccc(F)cc1Br. The molecular weight excluding hydrogens is 455 g/mol. The number of morpholine rings is 1. The molecule has 5 N–H and O–H groups in total. The first-order valence-electron chi connectivity index (χ1n) is 10.1. The minimum Gasteiger partial charge on any atom is -0.379 e. The number of rotatable bonds is 5. The van der Waals surface area contributed by atoms with Crippen molar-refractivity contribution >= 4 is 27.7 Å². The number of carbonyl (C=O) groups excluding carboxylic acids is 1. The summed E-state index contributed by atoms with van der Waals surface area (Å²) in [6, 6.07) is 3.77. The topological polar surface area (TPSA) is 104 Å². The quantitative estimate of drug-likeness (QED) is 0.482. The Morgan fingerprint density at radius 3 is 2.80 bits per heavy atom. The number of hydrogen-bond donors (Lipinski definition) is 4. The number of amides is 1. The molecule has 30 heavy (non-hydrogen) atoms. The van der Waals surface area contributed by atoms with Crippen molar-refractivity contribution in [1.29, 1.82) is 0 Å². The molecule has 10 heteroatoms. The molecule has 1 aromatic carbocycles. The second kappa shape index (κ2) is 9.52. The highest BCUT2D eigenvalue weighted by molar-refractivity contribution is 9.10. The molecule has 0 radical (unpaired) electrons. The highest BCUT2D eigenvalue weighted by atomic mass is 79.9. The minimum absolute atomic E-state index is 0.0189. The van der Waals surface area contributed by atoms with Gasteiger partial charge in [-0.25, -0.2) is 4.39 Å². The number of carbonyl (C=O) groups is 1. The number of nitrogens with one attached hydrogen (secondary N) is 3. The van der Waals surface area contributed by atoms with E-state index < -0.39 is 11.9 Å². The van der Waals surface area contributed by atoms with Gasteiger partial charge < -0.3 is 26.4 Å². The number of benzene rings is 1. The summed E-state index contributed by atoms with van der Waals surface area (Å²) < 4.78 is 19.7. The molecule has 4 rings (SSSR count). The van der Waals surface area contributed by atoms with E-state index in [2.05, 4.69) is 36.8 Å². The maximum absolute atomic E-state index is 13.7. The van der Waals surface area contributed by atoms with Gasteiger partial charge >= 0.3 is 0 Å². The average molecular weight is 481 g/mol. The van der Waals surface area contributed by atoms with Crippen LogP contribution in [0, 0.1) is 5.82 Å². The molecule has 3 heterocycles. The number of nitrogens with zero attached hydrogens (tertiary/aromatic N) is 2. The first-order chi connectivity index (χ1) is 14.5. The standard InChI is InChI=1S/C20H26BrFN6O2/c21-14-9-12(22)1-2-13(14)18-17(19(23)29)16(11-28-5-7-30-8-6-28)26-20(27-18)15-10-24-3-4-25-15/h1-2,9,15,18,24-25H,3-8,10-11H2,(H2,23,29)(H,26,27). The zero-order chi connectivity index (χ0) is 21.1. The van der Waals surface area contributed by atoms with Crippen LogP contribution >= 0.6 is 15.9 Å². The number of aliphatic imine (C=N–C) groups is 1. The van der Waals surface area contributed by atoms with Gasteiger partial charge in [-0.05, 0) is 17.7 Å². The number of halogens is 2. The van der Waals surface area contributed by atoms with Crippen molar-refractivity contribution in [1.82, 2.24) is 20.9 Å². The summed E-state index contributed by atoms with van der Waals surface area (Å²) in [5.41, 5.74) is 7.67. The Bertz CT molecular complexity index is 865. The molecule has 0 bridgehead atoms. The van der Waals surface area contributed by atoms with Gasteiger partial charge in [0.1, 0.15) is 17.7 Å². The summed E-state index contributed by atoms with van der Waals surface area (Å²) in [6.07, 6.45) is 0. The van der Waals surface area contributed by atoms with Crippen LogP contribution in [0.2, 0.25) is 0 Å². The first kappa shape index (κ1) is 21.4. The van der Waals surface area contributed by atoms with Crippen molar-refractivity contribution in [2.24, 2.45) is 10.7 Å². The van der Waals surface area contributed by atoms with E-state index in [1.54, 1.807) is 6.07 Å². The minimum atomic E-state index is -0.617. The average Bonchev–Trinajstić information content (AvgIpc) is 2.74. The largest absolute Gasteiger partial charge is 0.379 e. The number of hydrogen-bond acceptors (Lipinski definition) is 7. The van der Waals surface area contributed by atoms with Gasteiger partial charge in [-0.1, -0.05) is 22.0 Å². The Morgan fingerprint density at radius 2 is 2.13 bits per heavy atom. The zero-order valence-electron chi connectivity index (χ0n) is 16.6. The third-order valence-corrected chi connectivity index (χ3v) is 6.21. The van der Waals surface area contributed by atoms with Gasteiger partial charge in [0, 0.05) is 49.4 Å². The third-order valence-electron chi connectivity index (χ3n) is 5.52. The van der Waals surface area contributed by atoms with Gasteiger partial charge in [0.05, 0.1) is 24.8 Å². The number of amidine groups is 1. The van der Waals surface area contributed by atoms with E-state index in [0.717, 1.165) is 44.3 Å². The molecule has 0 aliphatic carbocycles. The van der Waals surface area contributed by atoms with Gasteiger partial charge in [-0.15, -0.1) is 0 Å². The highest BCUT2D eigenvalue weighted by Gasteiger charge is 2.34. The monoisotopic (exact) mass is 480 g/mol. The summed E-state index contributed by atoms with van der Waals surface area (Å²) >= 11 is 3.43. The molecule has 3 aliphatic rings. The van der Waals surface area contributed by atoms with Crippen molar-refractivity contribution in [2.45, 2.75) is 12.1 Å². The summed E-state index contributed by atoms with van der Waals surface area (Å²) in [7, 11) is 0. The Kier molecular flexibility index (Phi) is 6.79. The van der Waals surface area contributed by atoms with E-state index in [4.69, 9.17) is 15.5 Å². The summed E-state index contributed by atoms with van der Waals surface area (Å²) in [6.45, 7) is 5.83. The molecule has 0 spiro atoms. The number of piperazine rings is 1. The van der Waals surface area contributed by atoms with Crippen molar-refractivity contribution in [3.05, 3.63) is 45.3 Å². The summed E-state index contributed by atoms with van der Waals surface area (Å²) in [5, 5.41) is 10.2. The molecule has 3 aliphatic heterocycles. The van der Waals surface area contributed by atoms with Crippen LogP contribution in [-0.4, -0.2) is 75.2 Å². The molecule has 2 unspecified atom stereocenters. The van der Waals surface area contributed by atoms with Crippen LogP contribution in [0.4, 0.5) is 4.39 Å². The second-order valence-electron chi connectivity index (χ2n) is 7.56. The maximum Gasteiger partial charge on any atom is 0.248 e. The highest BCUT2D eigenvalue weighted by Crippen LogP contribution is 2.35. The van der Waals surface area contributed by atoms with Crippen molar-refractivity contribution in [2.75, 3.05) is 52.5 Å². The lowest BCUT2D eigenvalue weighted by Gasteiger charge is -2.35. The van der Waals surface area contributed by atoms with E-state index in [0.29, 0.717) is 35.4 Å². The summed E-state index contributed by atoms with van der Waals surface area (Å²) in [5.74, 6) is -0.152. The Morgan fingerprint density at radius 1 is 1.33 bits per heavy atom. The Hall–Kier alpha value is -1.85. The van der Waals surface area contributed by atoms with Crippen LogP contribution in [0.5, 0.6) is 0 Å². The molecule has 8 nitrogen and oxygen atoms in total. The predicted molar refractivity (Wildman–Crippen MR) is 116 cm³/mol. The maximum atomic E-state index is 13.7. The van der Waals surface area contributed by atoms with Gasteiger partial charge in [0.25, 0.3) is 0 Å². The van der Waals surface area contributed by atoms with Crippen LogP contribution in [-0.2, 0) is 9.53 Å². The van der Waals surface area contributed by atoms with Gasteiger partial charge in [-0.3, -0.25) is 14.7 Å². The van der Waals surface area contributed by atoms with Gasteiger partial charge in [0.15, 0.2) is 0 Å². The molecule has 0 saturated carbocycles. The predicted octanol–water partition coefficient (Wildman–Crippen LogP) is 0.264. The third kappa shape index (κ3) is 4.73. The van der Waals surface area contributed by atoms with E-state index in [1.165, 1.54) is 12.1 Å². The fraction of sp³-hybridized carbons (Fsp3) is 0.500. The molecular formula is C20H26BrFN6O2. The van der Waals surface area contributed by atoms with Crippen LogP contribution < -0.4 is 21.7 Å². The smallest absolute Gasteiger partial charge is 0.248 e. The lowest BCUT2D eigenvalue weighted by Crippen LogP contribution is -2.57. The number of ether oxygens (including phenoxy) is 1. The number of nitrogens with two attached hydrogens (primary N) is 1. The molecule has 2 saturated heterocycles. The van der Waals surface area contributed by atoms with Crippen LogP contribution in [0.15, 0.2) is 38.9 Å². The van der Waals surface area contributed by atoms with E-state index >= 15 is 0 Å². The molecule has 2 fully saturated rings. The van der Waals surface area contributed by atoms with E-state index in [1.807, 2.05) is 0 Å². The van der Waals surface area contributed by atoms with Crippen LogP contribution in [0.25, 0.3) is 0 Å². The fourth-order valence-corrected chi connectivity index (χ4v) is 4.55. The molecule has 1 amide bonds. The fourth-order valence-electron chi connectivity index (χ4n) is 3.99. The molecule has 162 valence electrons. The Labute approximate surface area is 183 Å². The van der Waals surface area contributed by atoms with Crippen molar-refractivity contribution < 1.29 is 13.9 Å². The molecule has 2 atom stereocenters. The van der Waals surface area contributed by atoms with E-state index in [-0.39, 0.29) is 11.9 Å². The summed E-state index contributed by atoms with van der Waals surface area (Å²) in [4.78, 5) is 19.6. The lowest BCUT2D eigenvalue weighted by atomic mass is 9.94. The molecule has 0 aromatic heterocycles.